The third-order valence-corrected chi connectivity index (χ3v) is 3.60. The number of anilines is 1. The number of nitriles is 1. The van der Waals surface area contributed by atoms with Crippen LogP contribution in [0, 0.1) is 11.3 Å². The maximum Gasteiger partial charge on any atom is 0.225 e. The van der Waals surface area contributed by atoms with Crippen LogP contribution in [0.1, 0.15) is 17.7 Å². The van der Waals surface area contributed by atoms with Crippen molar-refractivity contribution < 1.29 is 9.21 Å². The van der Waals surface area contributed by atoms with Crippen LogP contribution in [0.4, 0.5) is 5.69 Å². The highest BCUT2D eigenvalue weighted by molar-refractivity contribution is 7.98. The number of para-hydroxylation sites is 1. The summed E-state index contributed by atoms with van der Waals surface area (Å²) in [6.07, 6.45) is 2.05. The van der Waals surface area contributed by atoms with E-state index in [1.54, 1.807) is 42.3 Å². The minimum absolute atomic E-state index is 0.0837. The molecule has 1 heterocycles. The molecule has 0 bridgehead atoms. The Morgan fingerprint density at radius 1 is 1.30 bits per heavy atom. The Morgan fingerprint density at radius 2 is 2.15 bits per heavy atom. The van der Waals surface area contributed by atoms with E-state index in [4.69, 9.17) is 9.68 Å². The summed E-state index contributed by atoms with van der Waals surface area (Å²) in [5.74, 6) is 2.29. The predicted molar refractivity (Wildman–Crippen MR) is 79.3 cm³/mol. The smallest absolute Gasteiger partial charge is 0.225 e. The lowest BCUT2D eigenvalue weighted by Gasteiger charge is -2.06. The molecule has 0 aliphatic heterocycles. The Morgan fingerprint density at radius 3 is 2.90 bits per heavy atom. The first kappa shape index (κ1) is 14.2. The van der Waals surface area contributed by atoms with Crippen molar-refractivity contribution >= 4 is 23.4 Å². The van der Waals surface area contributed by atoms with Crippen LogP contribution < -0.4 is 5.32 Å². The molecule has 1 amide bonds. The van der Waals surface area contributed by atoms with Gasteiger partial charge in [-0.2, -0.15) is 17.0 Å². The fourth-order valence-electron chi connectivity index (χ4n) is 1.63. The molecule has 0 aliphatic rings. The average Bonchev–Trinajstić information content (AvgIpc) is 2.97. The van der Waals surface area contributed by atoms with E-state index in [0.29, 0.717) is 23.4 Å². The molecule has 0 unspecified atom stereocenters. The van der Waals surface area contributed by atoms with Crippen LogP contribution in [-0.4, -0.2) is 11.7 Å². The third kappa shape index (κ3) is 4.18. The van der Waals surface area contributed by atoms with Crippen LogP contribution in [-0.2, 0) is 10.5 Å². The molecule has 20 heavy (non-hydrogen) atoms. The van der Waals surface area contributed by atoms with Crippen molar-refractivity contribution in [2.24, 2.45) is 0 Å². The molecule has 4 nitrogen and oxygen atoms in total. The zero-order chi connectivity index (χ0) is 14.2. The van der Waals surface area contributed by atoms with E-state index in [2.05, 4.69) is 11.4 Å². The number of benzene rings is 1. The van der Waals surface area contributed by atoms with Gasteiger partial charge in [-0.3, -0.25) is 4.79 Å². The Kier molecular flexibility index (Phi) is 5.27. The summed E-state index contributed by atoms with van der Waals surface area (Å²) in [6, 6.07) is 12.8. The van der Waals surface area contributed by atoms with Gasteiger partial charge in [-0.25, -0.2) is 0 Å². The van der Waals surface area contributed by atoms with E-state index in [1.807, 2.05) is 12.1 Å². The summed E-state index contributed by atoms with van der Waals surface area (Å²) in [5.41, 5.74) is 1.04. The van der Waals surface area contributed by atoms with Crippen LogP contribution in [0.3, 0.4) is 0 Å². The number of thioether (sulfide) groups is 1. The Hall–Kier alpha value is -2.19. The molecule has 0 saturated heterocycles. The van der Waals surface area contributed by atoms with Crippen LogP contribution in [0.25, 0.3) is 0 Å². The molecular formula is C15H14N2O2S. The molecule has 1 aromatic carbocycles. The number of furan rings is 1. The molecule has 102 valence electrons. The molecule has 0 spiro atoms. The summed E-state index contributed by atoms with van der Waals surface area (Å²) in [4.78, 5) is 11.8. The van der Waals surface area contributed by atoms with E-state index in [9.17, 15) is 4.79 Å². The monoisotopic (exact) mass is 286 g/mol. The summed E-state index contributed by atoms with van der Waals surface area (Å²) in [6.45, 7) is 0. The first-order valence-corrected chi connectivity index (χ1v) is 7.34. The topological polar surface area (TPSA) is 66.0 Å². The van der Waals surface area contributed by atoms with Gasteiger partial charge in [0.25, 0.3) is 0 Å². The van der Waals surface area contributed by atoms with Crippen molar-refractivity contribution in [2.45, 2.75) is 12.2 Å². The second-order valence-corrected chi connectivity index (χ2v) is 5.19. The van der Waals surface area contributed by atoms with Crippen molar-refractivity contribution in [3.8, 4) is 6.07 Å². The van der Waals surface area contributed by atoms with Gasteiger partial charge in [0.05, 0.1) is 23.3 Å². The highest BCUT2D eigenvalue weighted by atomic mass is 32.2. The van der Waals surface area contributed by atoms with Gasteiger partial charge in [0.2, 0.25) is 5.91 Å². The van der Waals surface area contributed by atoms with E-state index >= 15 is 0 Å². The second kappa shape index (κ2) is 7.41. The molecule has 0 atom stereocenters. The molecule has 1 N–H and O–H groups in total. The Balaban J connectivity index is 1.74. The SMILES string of the molecule is N#Cc1ccccc1NC(=O)CCSCc1ccco1. The minimum Gasteiger partial charge on any atom is -0.468 e. The number of nitrogens with zero attached hydrogens (tertiary/aromatic N) is 1. The van der Waals surface area contributed by atoms with Gasteiger partial charge in [0.1, 0.15) is 11.8 Å². The standard InChI is InChI=1S/C15H14N2O2S/c16-10-12-4-1-2-6-14(12)17-15(18)7-9-20-11-13-5-3-8-19-13/h1-6,8H,7,9,11H2,(H,17,18). The van der Waals surface area contributed by atoms with Crippen molar-refractivity contribution in [3.63, 3.8) is 0 Å². The van der Waals surface area contributed by atoms with Gasteiger partial charge >= 0.3 is 0 Å². The van der Waals surface area contributed by atoms with Gasteiger partial charge in [0.15, 0.2) is 0 Å². The van der Waals surface area contributed by atoms with Gasteiger partial charge < -0.3 is 9.73 Å². The van der Waals surface area contributed by atoms with Crippen LogP contribution in [0.5, 0.6) is 0 Å². The minimum atomic E-state index is -0.0837. The molecule has 5 heteroatoms. The number of amides is 1. The lowest BCUT2D eigenvalue weighted by atomic mass is 10.2. The summed E-state index contributed by atoms with van der Waals surface area (Å²) in [7, 11) is 0. The quantitative estimate of drug-likeness (QED) is 0.826. The van der Waals surface area contributed by atoms with E-state index < -0.39 is 0 Å². The lowest BCUT2D eigenvalue weighted by Crippen LogP contribution is -2.13. The number of rotatable bonds is 6. The number of hydrogen-bond acceptors (Lipinski definition) is 4. The van der Waals surface area contributed by atoms with Gasteiger partial charge in [-0.15, -0.1) is 0 Å². The van der Waals surface area contributed by atoms with Crippen molar-refractivity contribution in [1.82, 2.24) is 0 Å². The van der Waals surface area contributed by atoms with E-state index in [-0.39, 0.29) is 5.91 Å². The summed E-state index contributed by atoms with van der Waals surface area (Å²) < 4.78 is 5.21. The van der Waals surface area contributed by atoms with E-state index in [0.717, 1.165) is 11.5 Å². The normalized spacial score (nSPS) is 9.95. The zero-order valence-electron chi connectivity index (χ0n) is 10.8. The summed E-state index contributed by atoms with van der Waals surface area (Å²) >= 11 is 1.64. The molecule has 0 aliphatic carbocycles. The lowest BCUT2D eigenvalue weighted by molar-refractivity contribution is -0.115. The molecule has 1 aromatic heterocycles. The highest BCUT2D eigenvalue weighted by Crippen LogP contribution is 2.16. The van der Waals surface area contributed by atoms with E-state index in [1.165, 1.54) is 0 Å². The molecule has 0 saturated carbocycles. The molecule has 2 aromatic rings. The predicted octanol–water partition coefficient (Wildman–Crippen LogP) is 3.41. The maximum atomic E-state index is 11.8. The van der Waals surface area contributed by atoms with Crippen molar-refractivity contribution in [1.29, 1.82) is 5.26 Å². The number of carbonyl (C=O) groups excluding carboxylic acids is 1. The van der Waals surface area contributed by atoms with Crippen LogP contribution >= 0.6 is 11.8 Å². The zero-order valence-corrected chi connectivity index (χ0v) is 11.7. The van der Waals surface area contributed by atoms with Gasteiger partial charge in [-0.05, 0) is 24.3 Å². The fourth-order valence-corrected chi connectivity index (χ4v) is 2.47. The second-order valence-electron chi connectivity index (χ2n) is 4.09. The molecular weight excluding hydrogens is 272 g/mol. The van der Waals surface area contributed by atoms with Gasteiger partial charge in [0, 0.05) is 12.2 Å². The Labute approximate surface area is 121 Å². The fraction of sp³-hybridized carbons (Fsp3) is 0.200. The average molecular weight is 286 g/mol. The number of carbonyl (C=O) groups is 1. The molecule has 0 fully saturated rings. The summed E-state index contributed by atoms with van der Waals surface area (Å²) in [5, 5.41) is 11.7. The number of hydrogen-bond donors (Lipinski definition) is 1. The van der Waals surface area contributed by atoms with Crippen LogP contribution in [0.15, 0.2) is 47.1 Å². The first-order chi connectivity index (χ1) is 9.79. The van der Waals surface area contributed by atoms with Crippen LogP contribution in [0.2, 0.25) is 0 Å². The maximum absolute atomic E-state index is 11.8. The first-order valence-electron chi connectivity index (χ1n) is 6.18. The molecule has 0 radical (unpaired) electrons. The van der Waals surface area contributed by atoms with Gasteiger partial charge in [-0.1, -0.05) is 12.1 Å². The largest absolute Gasteiger partial charge is 0.468 e. The van der Waals surface area contributed by atoms with Crippen molar-refractivity contribution in [3.05, 3.63) is 54.0 Å². The van der Waals surface area contributed by atoms with Crippen molar-refractivity contribution in [2.75, 3.05) is 11.1 Å². The highest BCUT2D eigenvalue weighted by Gasteiger charge is 2.06. The third-order valence-electron chi connectivity index (χ3n) is 2.62. The Bertz CT molecular complexity index is 603. The number of nitrogens with one attached hydrogen (secondary N) is 1. The molecule has 2 rings (SSSR count).